The van der Waals surface area contributed by atoms with Crippen LogP contribution in [0.2, 0.25) is 0 Å². The van der Waals surface area contributed by atoms with Crippen molar-refractivity contribution in [1.29, 1.82) is 0 Å². The Morgan fingerprint density at radius 2 is 2.21 bits per heavy atom. The van der Waals surface area contributed by atoms with Gasteiger partial charge in [-0.25, -0.2) is 0 Å². The maximum atomic E-state index is 5.58. The van der Waals surface area contributed by atoms with Crippen LogP contribution >= 0.6 is 0 Å². The van der Waals surface area contributed by atoms with Crippen molar-refractivity contribution in [2.45, 2.75) is 32.4 Å². The van der Waals surface area contributed by atoms with Gasteiger partial charge in [-0.1, -0.05) is 6.92 Å². The van der Waals surface area contributed by atoms with Gasteiger partial charge in [0.05, 0.1) is 12.7 Å². The van der Waals surface area contributed by atoms with Crippen molar-refractivity contribution in [1.82, 2.24) is 10.2 Å². The summed E-state index contributed by atoms with van der Waals surface area (Å²) in [5.41, 5.74) is 0. The molecule has 3 heteroatoms. The number of ether oxygens (including phenoxy) is 1. The van der Waals surface area contributed by atoms with Crippen LogP contribution in [0.25, 0.3) is 0 Å². The second-order valence-electron chi connectivity index (χ2n) is 4.71. The Kier molecular flexibility index (Phi) is 3.42. The maximum absolute atomic E-state index is 5.58. The van der Waals surface area contributed by atoms with Crippen molar-refractivity contribution in [2.75, 3.05) is 32.8 Å². The summed E-state index contributed by atoms with van der Waals surface area (Å²) in [5.74, 6) is 0.786. The molecular formula is C11H22N2O. The number of hydrogen-bond acceptors (Lipinski definition) is 3. The van der Waals surface area contributed by atoms with Gasteiger partial charge >= 0.3 is 0 Å². The summed E-state index contributed by atoms with van der Waals surface area (Å²) in [7, 11) is 0. The van der Waals surface area contributed by atoms with Gasteiger partial charge in [-0.3, -0.25) is 4.90 Å². The van der Waals surface area contributed by atoms with E-state index >= 15 is 0 Å². The highest BCUT2D eigenvalue weighted by molar-refractivity contribution is 4.85. The first-order valence-electron chi connectivity index (χ1n) is 5.83. The molecule has 2 rings (SSSR count). The topological polar surface area (TPSA) is 24.5 Å². The van der Waals surface area contributed by atoms with Crippen LogP contribution in [-0.2, 0) is 4.74 Å². The molecule has 3 unspecified atom stereocenters. The molecule has 0 aliphatic carbocycles. The first kappa shape index (κ1) is 10.4. The van der Waals surface area contributed by atoms with Crippen molar-refractivity contribution in [2.24, 2.45) is 5.92 Å². The molecule has 2 heterocycles. The van der Waals surface area contributed by atoms with Gasteiger partial charge in [0.2, 0.25) is 0 Å². The van der Waals surface area contributed by atoms with Crippen molar-refractivity contribution in [3.8, 4) is 0 Å². The van der Waals surface area contributed by atoms with E-state index < -0.39 is 0 Å². The first-order chi connectivity index (χ1) is 6.77. The van der Waals surface area contributed by atoms with Crippen LogP contribution in [-0.4, -0.2) is 49.8 Å². The van der Waals surface area contributed by atoms with E-state index in [0.717, 1.165) is 31.7 Å². The van der Waals surface area contributed by atoms with Gasteiger partial charge in [0.15, 0.2) is 0 Å². The van der Waals surface area contributed by atoms with E-state index in [1.165, 1.54) is 19.5 Å². The molecule has 2 fully saturated rings. The third-order valence-electron chi connectivity index (χ3n) is 3.48. The van der Waals surface area contributed by atoms with E-state index in [0.29, 0.717) is 6.10 Å². The lowest BCUT2D eigenvalue weighted by Crippen LogP contribution is -2.53. The zero-order chi connectivity index (χ0) is 9.97. The Morgan fingerprint density at radius 1 is 1.36 bits per heavy atom. The molecule has 1 N–H and O–H groups in total. The van der Waals surface area contributed by atoms with E-state index in [-0.39, 0.29) is 0 Å². The summed E-state index contributed by atoms with van der Waals surface area (Å²) in [6, 6.07) is 0.780. The zero-order valence-electron chi connectivity index (χ0n) is 9.33. The first-order valence-corrected chi connectivity index (χ1v) is 5.83. The van der Waals surface area contributed by atoms with E-state index in [1.54, 1.807) is 0 Å². The summed E-state index contributed by atoms with van der Waals surface area (Å²) in [6.07, 6.45) is 1.72. The second-order valence-corrected chi connectivity index (χ2v) is 4.71. The Labute approximate surface area is 86.8 Å². The summed E-state index contributed by atoms with van der Waals surface area (Å²) in [4.78, 5) is 2.62. The Bertz CT molecular complexity index is 186. The van der Waals surface area contributed by atoms with Gasteiger partial charge in [0.1, 0.15) is 0 Å². The molecule has 3 atom stereocenters. The number of rotatable bonds is 1. The lowest BCUT2D eigenvalue weighted by molar-refractivity contribution is -0.0464. The molecule has 0 aromatic carbocycles. The molecule has 3 nitrogen and oxygen atoms in total. The number of morpholine rings is 1. The minimum Gasteiger partial charge on any atom is -0.376 e. The molecule has 0 bridgehead atoms. The SMILES string of the molecule is CC1CN(C2CCNCC2C)CCO1. The molecule has 2 saturated heterocycles. The monoisotopic (exact) mass is 198 g/mol. The molecule has 82 valence electrons. The van der Waals surface area contributed by atoms with Crippen molar-refractivity contribution < 1.29 is 4.74 Å². The van der Waals surface area contributed by atoms with Gasteiger partial charge in [0.25, 0.3) is 0 Å². The normalized spacial score (nSPS) is 41.1. The number of nitrogens with zero attached hydrogens (tertiary/aromatic N) is 1. The molecule has 2 aliphatic rings. The van der Waals surface area contributed by atoms with Crippen LogP contribution in [0, 0.1) is 5.92 Å². The molecule has 0 spiro atoms. The van der Waals surface area contributed by atoms with Gasteiger partial charge in [-0.15, -0.1) is 0 Å². The quantitative estimate of drug-likeness (QED) is 0.671. The van der Waals surface area contributed by atoms with Crippen molar-refractivity contribution in [3.63, 3.8) is 0 Å². The summed E-state index contributed by atoms with van der Waals surface area (Å²) >= 11 is 0. The maximum Gasteiger partial charge on any atom is 0.0674 e. The highest BCUT2D eigenvalue weighted by atomic mass is 16.5. The third-order valence-corrected chi connectivity index (χ3v) is 3.48. The van der Waals surface area contributed by atoms with Gasteiger partial charge < -0.3 is 10.1 Å². The largest absolute Gasteiger partial charge is 0.376 e. The molecule has 0 aromatic rings. The van der Waals surface area contributed by atoms with Crippen LogP contribution in [0.15, 0.2) is 0 Å². The molecular weight excluding hydrogens is 176 g/mol. The van der Waals surface area contributed by atoms with Gasteiger partial charge in [-0.2, -0.15) is 0 Å². The second kappa shape index (κ2) is 4.60. The highest BCUT2D eigenvalue weighted by Crippen LogP contribution is 2.20. The van der Waals surface area contributed by atoms with Crippen LogP contribution in [0.1, 0.15) is 20.3 Å². The van der Waals surface area contributed by atoms with Gasteiger partial charge in [-0.05, 0) is 32.4 Å². The van der Waals surface area contributed by atoms with Crippen LogP contribution in [0.5, 0.6) is 0 Å². The minimum absolute atomic E-state index is 0.422. The summed E-state index contributed by atoms with van der Waals surface area (Å²) in [6.45, 7) is 10.1. The van der Waals surface area contributed by atoms with Crippen LogP contribution in [0.4, 0.5) is 0 Å². The number of nitrogens with one attached hydrogen (secondary N) is 1. The predicted octanol–water partition coefficient (Wildman–Crippen LogP) is 0.705. The van der Waals surface area contributed by atoms with Crippen LogP contribution < -0.4 is 5.32 Å². The molecule has 14 heavy (non-hydrogen) atoms. The Hall–Kier alpha value is -0.120. The third kappa shape index (κ3) is 2.27. The molecule has 0 radical (unpaired) electrons. The zero-order valence-corrected chi connectivity index (χ0v) is 9.33. The average molecular weight is 198 g/mol. The summed E-state index contributed by atoms with van der Waals surface area (Å²) < 4.78 is 5.58. The Balaban J connectivity index is 1.91. The van der Waals surface area contributed by atoms with Crippen LogP contribution in [0.3, 0.4) is 0 Å². The molecule has 0 aromatic heterocycles. The van der Waals surface area contributed by atoms with E-state index in [1.807, 2.05) is 0 Å². The highest BCUT2D eigenvalue weighted by Gasteiger charge is 2.29. The lowest BCUT2D eigenvalue weighted by atomic mass is 9.93. The molecule has 0 saturated carbocycles. The number of piperidine rings is 1. The summed E-state index contributed by atoms with van der Waals surface area (Å²) in [5, 5.41) is 3.46. The van der Waals surface area contributed by atoms with E-state index in [2.05, 4.69) is 24.1 Å². The smallest absolute Gasteiger partial charge is 0.0674 e. The van der Waals surface area contributed by atoms with E-state index in [9.17, 15) is 0 Å². The minimum atomic E-state index is 0.422. The van der Waals surface area contributed by atoms with Crippen molar-refractivity contribution in [3.05, 3.63) is 0 Å². The standard InChI is InChI=1S/C11H22N2O/c1-9-7-12-4-3-11(9)13-5-6-14-10(2)8-13/h9-12H,3-8H2,1-2H3. The molecule has 0 amide bonds. The fourth-order valence-corrected chi connectivity index (χ4v) is 2.69. The van der Waals surface area contributed by atoms with Crippen molar-refractivity contribution >= 4 is 0 Å². The lowest BCUT2D eigenvalue weighted by Gasteiger charge is -2.42. The number of hydrogen-bond donors (Lipinski definition) is 1. The molecule has 2 aliphatic heterocycles. The Morgan fingerprint density at radius 3 is 2.93 bits per heavy atom. The van der Waals surface area contributed by atoms with Gasteiger partial charge in [0, 0.05) is 19.1 Å². The van der Waals surface area contributed by atoms with E-state index in [4.69, 9.17) is 4.74 Å². The fraction of sp³-hybridized carbons (Fsp3) is 1.00. The fourth-order valence-electron chi connectivity index (χ4n) is 2.69. The average Bonchev–Trinajstić information content (AvgIpc) is 2.18. The predicted molar refractivity (Wildman–Crippen MR) is 57.4 cm³/mol.